The second kappa shape index (κ2) is 7.06. The zero-order valence-corrected chi connectivity index (χ0v) is 7.78. The van der Waals surface area contributed by atoms with E-state index in [0.717, 1.165) is 0 Å². The molecule has 0 unspecified atom stereocenters. The Balaban J connectivity index is 3.52. The molecule has 0 spiro atoms. The van der Waals surface area contributed by atoms with Gasteiger partial charge in [0.1, 0.15) is 6.42 Å². The Morgan fingerprint density at radius 2 is 2.31 bits per heavy atom. The lowest BCUT2D eigenvalue weighted by molar-refractivity contribution is -0.120. The first-order valence-corrected chi connectivity index (χ1v) is 3.92. The fraction of sp³-hybridized carbons (Fsp3) is 0.286. The molecular weight excluding hydrogens is 188 g/mol. The molecular formula is C7H10N4OS. The molecule has 0 aliphatic rings. The van der Waals surface area contributed by atoms with E-state index in [4.69, 9.17) is 17.5 Å². The van der Waals surface area contributed by atoms with E-state index < -0.39 is 5.91 Å². The molecule has 13 heavy (non-hydrogen) atoms. The van der Waals surface area contributed by atoms with Gasteiger partial charge in [-0.15, -0.1) is 6.58 Å². The molecule has 0 saturated heterocycles. The van der Waals surface area contributed by atoms with Gasteiger partial charge in [0, 0.05) is 6.54 Å². The van der Waals surface area contributed by atoms with Gasteiger partial charge in [0.15, 0.2) is 5.11 Å². The van der Waals surface area contributed by atoms with E-state index in [-0.39, 0.29) is 11.5 Å². The summed E-state index contributed by atoms with van der Waals surface area (Å²) in [5.74, 6) is -0.426. The van der Waals surface area contributed by atoms with E-state index >= 15 is 0 Å². The van der Waals surface area contributed by atoms with Crippen LogP contribution < -0.4 is 16.2 Å². The Morgan fingerprint density at radius 3 is 2.85 bits per heavy atom. The lowest BCUT2D eigenvalue weighted by atomic mass is 10.5. The standard InChI is InChI=1S/C7H10N4OS/c1-2-5-9-7(13)11-10-6(12)3-4-8/h2H,1,3,5H2,(H,10,12)(H2,9,11,13). The molecule has 6 heteroatoms. The Labute approximate surface area is 81.8 Å². The van der Waals surface area contributed by atoms with Crippen LogP contribution in [0.4, 0.5) is 0 Å². The fourth-order valence-electron chi connectivity index (χ4n) is 0.452. The van der Waals surface area contributed by atoms with Gasteiger partial charge in [-0.05, 0) is 12.2 Å². The summed E-state index contributed by atoms with van der Waals surface area (Å²) in [5, 5.41) is 11.2. The van der Waals surface area contributed by atoms with Gasteiger partial charge in [0.05, 0.1) is 6.07 Å². The normalized spacial score (nSPS) is 7.92. The highest BCUT2D eigenvalue weighted by Gasteiger charge is 1.98. The third-order valence-corrected chi connectivity index (χ3v) is 1.21. The number of carbonyl (C=O) groups is 1. The van der Waals surface area contributed by atoms with E-state index in [9.17, 15) is 4.79 Å². The molecule has 5 nitrogen and oxygen atoms in total. The molecule has 0 heterocycles. The molecule has 0 aliphatic heterocycles. The first kappa shape index (κ1) is 11.4. The minimum atomic E-state index is -0.426. The summed E-state index contributed by atoms with van der Waals surface area (Å²) < 4.78 is 0. The molecule has 3 N–H and O–H groups in total. The van der Waals surface area contributed by atoms with Crippen molar-refractivity contribution in [3.05, 3.63) is 12.7 Å². The summed E-state index contributed by atoms with van der Waals surface area (Å²) in [4.78, 5) is 10.7. The summed E-state index contributed by atoms with van der Waals surface area (Å²) in [7, 11) is 0. The molecule has 1 amide bonds. The van der Waals surface area contributed by atoms with Gasteiger partial charge in [0.25, 0.3) is 5.91 Å². The van der Waals surface area contributed by atoms with Crippen LogP contribution in [0.15, 0.2) is 12.7 Å². The van der Waals surface area contributed by atoms with Crippen molar-refractivity contribution < 1.29 is 4.79 Å². The van der Waals surface area contributed by atoms with Crippen molar-refractivity contribution in [2.24, 2.45) is 0 Å². The SMILES string of the molecule is C=CCNC(=S)NNC(=O)CC#N. The lowest BCUT2D eigenvalue weighted by Crippen LogP contribution is -2.46. The number of amides is 1. The third-order valence-electron chi connectivity index (χ3n) is 0.962. The van der Waals surface area contributed by atoms with Crippen molar-refractivity contribution in [1.82, 2.24) is 16.2 Å². The van der Waals surface area contributed by atoms with Crippen LogP contribution in [-0.4, -0.2) is 17.6 Å². The summed E-state index contributed by atoms with van der Waals surface area (Å²) in [5.41, 5.74) is 4.67. The zero-order valence-electron chi connectivity index (χ0n) is 6.96. The third kappa shape index (κ3) is 6.77. The predicted molar refractivity (Wildman–Crippen MR) is 52.3 cm³/mol. The average Bonchev–Trinajstić information content (AvgIpc) is 2.12. The van der Waals surface area contributed by atoms with Gasteiger partial charge >= 0.3 is 0 Å². The summed E-state index contributed by atoms with van der Waals surface area (Å²) >= 11 is 4.75. The number of nitrogens with zero attached hydrogens (tertiary/aromatic N) is 1. The van der Waals surface area contributed by atoms with Crippen LogP contribution in [0.1, 0.15) is 6.42 Å². The number of nitrogens with one attached hydrogen (secondary N) is 3. The molecule has 0 rings (SSSR count). The second-order valence-electron chi connectivity index (χ2n) is 2.01. The molecule has 0 bridgehead atoms. The topological polar surface area (TPSA) is 76.9 Å². The van der Waals surface area contributed by atoms with Crippen molar-refractivity contribution in [3.63, 3.8) is 0 Å². The first-order chi connectivity index (χ1) is 6.20. The highest BCUT2D eigenvalue weighted by Crippen LogP contribution is 1.72. The quantitative estimate of drug-likeness (QED) is 0.326. The summed E-state index contributed by atoms with van der Waals surface area (Å²) in [6, 6.07) is 1.70. The molecule has 70 valence electrons. The van der Waals surface area contributed by atoms with Crippen LogP contribution in [-0.2, 0) is 4.79 Å². The summed E-state index contributed by atoms with van der Waals surface area (Å²) in [6.45, 7) is 3.99. The number of hydrazine groups is 1. The van der Waals surface area contributed by atoms with E-state index in [2.05, 4.69) is 22.7 Å². The minimum absolute atomic E-state index is 0.197. The van der Waals surface area contributed by atoms with Crippen LogP contribution in [0.25, 0.3) is 0 Å². The van der Waals surface area contributed by atoms with Crippen molar-refractivity contribution in [1.29, 1.82) is 5.26 Å². The Kier molecular flexibility index (Phi) is 6.19. The van der Waals surface area contributed by atoms with E-state index in [1.807, 2.05) is 0 Å². The van der Waals surface area contributed by atoms with Gasteiger partial charge in [-0.2, -0.15) is 5.26 Å². The molecule has 0 atom stereocenters. The van der Waals surface area contributed by atoms with Crippen molar-refractivity contribution in [2.75, 3.05) is 6.54 Å². The van der Waals surface area contributed by atoms with Crippen LogP contribution >= 0.6 is 12.2 Å². The number of thiocarbonyl (C=S) groups is 1. The van der Waals surface area contributed by atoms with E-state index in [1.54, 1.807) is 12.1 Å². The van der Waals surface area contributed by atoms with E-state index in [1.165, 1.54) is 0 Å². The second-order valence-corrected chi connectivity index (χ2v) is 2.42. The zero-order chi connectivity index (χ0) is 10.1. The van der Waals surface area contributed by atoms with Crippen LogP contribution in [0.2, 0.25) is 0 Å². The highest BCUT2D eigenvalue weighted by atomic mass is 32.1. The van der Waals surface area contributed by atoms with Crippen molar-refractivity contribution in [3.8, 4) is 6.07 Å². The largest absolute Gasteiger partial charge is 0.358 e. The van der Waals surface area contributed by atoms with E-state index in [0.29, 0.717) is 6.54 Å². The molecule has 0 aromatic rings. The van der Waals surface area contributed by atoms with Gasteiger partial charge in [-0.3, -0.25) is 15.6 Å². The minimum Gasteiger partial charge on any atom is -0.358 e. The molecule has 0 aromatic carbocycles. The maximum Gasteiger partial charge on any atom is 0.252 e. The summed E-state index contributed by atoms with van der Waals surface area (Å²) in [6.07, 6.45) is 1.43. The molecule has 0 saturated carbocycles. The van der Waals surface area contributed by atoms with Crippen LogP contribution in [0.3, 0.4) is 0 Å². The number of nitriles is 1. The predicted octanol–water partition coefficient (Wildman–Crippen LogP) is -0.419. The van der Waals surface area contributed by atoms with Crippen molar-refractivity contribution >= 4 is 23.2 Å². The molecule has 0 radical (unpaired) electrons. The number of rotatable bonds is 3. The van der Waals surface area contributed by atoms with Crippen LogP contribution in [0, 0.1) is 11.3 Å². The molecule has 0 fully saturated rings. The van der Waals surface area contributed by atoms with Gasteiger partial charge < -0.3 is 5.32 Å². The average molecular weight is 198 g/mol. The fourth-order valence-corrected chi connectivity index (χ4v) is 0.586. The van der Waals surface area contributed by atoms with Gasteiger partial charge in [-0.25, -0.2) is 0 Å². The monoisotopic (exact) mass is 198 g/mol. The maximum atomic E-state index is 10.7. The van der Waals surface area contributed by atoms with Gasteiger partial charge in [-0.1, -0.05) is 6.08 Å². The smallest absolute Gasteiger partial charge is 0.252 e. The Bertz CT molecular complexity index is 245. The Hall–Kier alpha value is -1.61. The lowest BCUT2D eigenvalue weighted by Gasteiger charge is -2.08. The first-order valence-electron chi connectivity index (χ1n) is 3.51. The Morgan fingerprint density at radius 1 is 1.62 bits per heavy atom. The van der Waals surface area contributed by atoms with Crippen molar-refractivity contribution in [2.45, 2.75) is 6.42 Å². The maximum absolute atomic E-state index is 10.7. The van der Waals surface area contributed by atoms with Crippen LogP contribution in [0.5, 0.6) is 0 Å². The number of hydrogen-bond donors (Lipinski definition) is 3. The molecule has 0 aromatic heterocycles. The van der Waals surface area contributed by atoms with Gasteiger partial charge in [0.2, 0.25) is 0 Å². The number of carbonyl (C=O) groups excluding carboxylic acids is 1. The highest BCUT2D eigenvalue weighted by molar-refractivity contribution is 7.80. The molecule has 0 aliphatic carbocycles. The number of hydrogen-bond acceptors (Lipinski definition) is 3.